The summed E-state index contributed by atoms with van der Waals surface area (Å²) >= 11 is 0. The maximum absolute atomic E-state index is 12.2. The second-order valence-corrected chi connectivity index (χ2v) is 7.07. The summed E-state index contributed by atoms with van der Waals surface area (Å²) in [6.07, 6.45) is 3.50. The maximum Gasteiger partial charge on any atom is 0.244 e. The predicted octanol–water partition coefficient (Wildman–Crippen LogP) is 1.30. The first kappa shape index (κ1) is 17.0. The Balaban J connectivity index is 2.53. The first-order valence-electron chi connectivity index (χ1n) is 7.33. The van der Waals surface area contributed by atoms with Crippen LogP contribution >= 0.6 is 0 Å². The summed E-state index contributed by atoms with van der Waals surface area (Å²) in [6.45, 7) is 7.45. The van der Waals surface area contributed by atoms with Crippen LogP contribution in [0, 0.1) is 5.41 Å². The Morgan fingerprint density at radius 1 is 1.30 bits per heavy atom. The van der Waals surface area contributed by atoms with Crippen LogP contribution in [-0.4, -0.2) is 47.1 Å². The van der Waals surface area contributed by atoms with Gasteiger partial charge >= 0.3 is 0 Å². The summed E-state index contributed by atoms with van der Waals surface area (Å²) < 4.78 is 0. The Labute approximate surface area is 121 Å². The highest BCUT2D eigenvalue weighted by Gasteiger charge is 2.34. The topological polar surface area (TPSA) is 69.6 Å². The summed E-state index contributed by atoms with van der Waals surface area (Å²) in [7, 11) is 1.68. The molecule has 1 saturated carbocycles. The summed E-state index contributed by atoms with van der Waals surface area (Å²) in [4.78, 5) is 25.6. The van der Waals surface area contributed by atoms with Gasteiger partial charge < -0.3 is 15.3 Å². The van der Waals surface area contributed by atoms with Gasteiger partial charge in [-0.25, -0.2) is 0 Å². The Morgan fingerprint density at radius 3 is 2.25 bits per heavy atom. The van der Waals surface area contributed by atoms with Crippen molar-refractivity contribution in [2.45, 2.75) is 65.0 Å². The molecule has 116 valence electrons. The molecule has 1 fully saturated rings. The number of hydrogen-bond donors (Lipinski definition) is 2. The fourth-order valence-electron chi connectivity index (χ4n) is 2.52. The lowest BCUT2D eigenvalue weighted by Gasteiger charge is -2.31. The van der Waals surface area contributed by atoms with Crippen molar-refractivity contribution in [3.8, 4) is 0 Å². The molecule has 2 amide bonds. The first-order chi connectivity index (χ1) is 9.05. The molecule has 5 nitrogen and oxygen atoms in total. The molecule has 2 N–H and O–H groups in total. The smallest absolute Gasteiger partial charge is 0.244 e. The Bertz CT molecular complexity index is 368. The average molecular weight is 284 g/mol. The van der Waals surface area contributed by atoms with Crippen LogP contribution in [0.15, 0.2) is 0 Å². The van der Waals surface area contributed by atoms with Crippen LogP contribution in [0.25, 0.3) is 0 Å². The van der Waals surface area contributed by atoms with Crippen molar-refractivity contribution in [3.05, 3.63) is 0 Å². The lowest BCUT2D eigenvalue weighted by molar-refractivity contribution is -0.139. The minimum Gasteiger partial charge on any atom is -0.388 e. The molecule has 1 aliphatic carbocycles. The van der Waals surface area contributed by atoms with E-state index < -0.39 is 17.1 Å². The molecule has 0 saturated heterocycles. The second-order valence-electron chi connectivity index (χ2n) is 7.07. The average Bonchev–Trinajstić information content (AvgIpc) is 2.73. The lowest BCUT2D eigenvalue weighted by Crippen LogP contribution is -2.51. The zero-order valence-electron chi connectivity index (χ0n) is 13.3. The second kappa shape index (κ2) is 6.12. The third kappa shape index (κ3) is 4.47. The molecule has 5 heteroatoms. The molecule has 1 aliphatic rings. The van der Waals surface area contributed by atoms with E-state index in [2.05, 4.69) is 5.32 Å². The van der Waals surface area contributed by atoms with Crippen LogP contribution in [0.2, 0.25) is 0 Å². The summed E-state index contributed by atoms with van der Waals surface area (Å²) in [6, 6.07) is -0.572. The monoisotopic (exact) mass is 284 g/mol. The van der Waals surface area contributed by atoms with Crippen LogP contribution in [0.3, 0.4) is 0 Å². The van der Waals surface area contributed by atoms with Gasteiger partial charge in [-0.1, -0.05) is 33.6 Å². The van der Waals surface area contributed by atoms with Gasteiger partial charge in [-0.2, -0.15) is 0 Å². The molecule has 0 heterocycles. The largest absolute Gasteiger partial charge is 0.388 e. The third-order valence-corrected chi connectivity index (χ3v) is 3.84. The van der Waals surface area contributed by atoms with Gasteiger partial charge in [-0.05, 0) is 19.8 Å². The maximum atomic E-state index is 12.2. The molecule has 1 atom stereocenters. The Kier molecular flexibility index (Phi) is 5.19. The van der Waals surface area contributed by atoms with E-state index in [1.165, 1.54) is 4.90 Å². The van der Waals surface area contributed by atoms with Gasteiger partial charge in [-0.15, -0.1) is 0 Å². The van der Waals surface area contributed by atoms with Crippen LogP contribution < -0.4 is 5.32 Å². The molecule has 0 aliphatic heterocycles. The van der Waals surface area contributed by atoms with Gasteiger partial charge in [0.1, 0.15) is 6.04 Å². The van der Waals surface area contributed by atoms with Gasteiger partial charge in [0.25, 0.3) is 0 Å². The summed E-state index contributed by atoms with van der Waals surface area (Å²) in [5, 5.41) is 13.0. The minimum absolute atomic E-state index is 0.147. The zero-order chi connectivity index (χ0) is 15.6. The van der Waals surface area contributed by atoms with E-state index in [-0.39, 0.29) is 11.8 Å². The van der Waals surface area contributed by atoms with Crippen molar-refractivity contribution in [1.82, 2.24) is 10.2 Å². The zero-order valence-corrected chi connectivity index (χ0v) is 13.3. The quantitative estimate of drug-likeness (QED) is 0.817. The van der Waals surface area contributed by atoms with Crippen molar-refractivity contribution >= 4 is 11.8 Å². The van der Waals surface area contributed by atoms with Crippen LogP contribution in [-0.2, 0) is 9.59 Å². The molecule has 0 spiro atoms. The van der Waals surface area contributed by atoms with Gasteiger partial charge in [0.2, 0.25) is 11.8 Å². The molecule has 0 aromatic heterocycles. The summed E-state index contributed by atoms with van der Waals surface area (Å²) in [5.41, 5.74) is -1.27. The number of nitrogens with zero attached hydrogens (tertiary/aromatic N) is 1. The van der Waals surface area contributed by atoms with E-state index >= 15 is 0 Å². The highest BCUT2D eigenvalue weighted by Crippen LogP contribution is 2.30. The van der Waals surface area contributed by atoms with Crippen LogP contribution in [0.1, 0.15) is 53.4 Å². The lowest BCUT2D eigenvalue weighted by atomic mass is 9.95. The molecule has 20 heavy (non-hydrogen) atoms. The Hall–Kier alpha value is -1.10. The molecule has 0 bridgehead atoms. The third-order valence-electron chi connectivity index (χ3n) is 3.84. The summed E-state index contributed by atoms with van der Waals surface area (Å²) in [5.74, 6) is -0.311. The highest BCUT2D eigenvalue weighted by atomic mass is 16.3. The van der Waals surface area contributed by atoms with Gasteiger partial charge in [-0.3, -0.25) is 9.59 Å². The van der Waals surface area contributed by atoms with Gasteiger partial charge in [0.05, 0.1) is 5.60 Å². The molecule has 0 aromatic carbocycles. The number of nitrogens with one attached hydrogen (secondary N) is 1. The fraction of sp³-hybridized carbons (Fsp3) is 0.867. The van der Waals surface area contributed by atoms with Crippen molar-refractivity contribution in [2.75, 3.05) is 13.6 Å². The fourth-order valence-corrected chi connectivity index (χ4v) is 2.52. The number of likely N-dealkylation sites (N-methyl/N-ethyl adjacent to an activating group) is 1. The van der Waals surface area contributed by atoms with E-state index in [0.29, 0.717) is 6.54 Å². The number of hydrogen-bond acceptors (Lipinski definition) is 3. The molecule has 1 unspecified atom stereocenters. The molecular weight excluding hydrogens is 256 g/mol. The van der Waals surface area contributed by atoms with Crippen molar-refractivity contribution in [1.29, 1.82) is 0 Å². The standard InChI is InChI=1S/C15H28N2O3/c1-11(16-13(19)14(2,3)4)12(18)17(5)10-15(20)8-6-7-9-15/h11,20H,6-10H2,1-5H3,(H,16,19). The number of carbonyl (C=O) groups is 2. The molecule has 0 aromatic rings. The van der Waals surface area contributed by atoms with Crippen molar-refractivity contribution in [2.24, 2.45) is 5.41 Å². The van der Waals surface area contributed by atoms with E-state index in [0.717, 1.165) is 25.7 Å². The van der Waals surface area contributed by atoms with Crippen LogP contribution in [0.5, 0.6) is 0 Å². The number of aliphatic hydroxyl groups is 1. The van der Waals surface area contributed by atoms with E-state index in [9.17, 15) is 14.7 Å². The molecule has 1 rings (SSSR count). The van der Waals surface area contributed by atoms with E-state index in [1.807, 2.05) is 20.8 Å². The Morgan fingerprint density at radius 2 is 1.80 bits per heavy atom. The number of amides is 2. The van der Waals surface area contributed by atoms with Crippen molar-refractivity contribution < 1.29 is 14.7 Å². The first-order valence-corrected chi connectivity index (χ1v) is 7.33. The molecule has 0 radical (unpaired) electrons. The number of rotatable bonds is 4. The predicted molar refractivity (Wildman–Crippen MR) is 78.1 cm³/mol. The minimum atomic E-state index is -0.752. The highest BCUT2D eigenvalue weighted by molar-refractivity contribution is 5.89. The molecular formula is C15H28N2O3. The van der Waals surface area contributed by atoms with Crippen LogP contribution in [0.4, 0.5) is 0 Å². The van der Waals surface area contributed by atoms with E-state index in [1.54, 1.807) is 14.0 Å². The van der Waals surface area contributed by atoms with Crippen molar-refractivity contribution in [3.63, 3.8) is 0 Å². The number of carbonyl (C=O) groups excluding carboxylic acids is 2. The van der Waals surface area contributed by atoms with E-state index in [4.69, 9.17) is 0 Å². The van der Waals surface area contributed by atoms with Gasteiger partial charge in [0.15, 0.2) is 0 Å². The normalized spacial score (nSPS) is 19.5. The van der Waals surface area contributed by atoms with Gasteiger partial charge in [0, 0.05) is 19.0 Å². The SMILES string of the molecule is CC(NC(=O)C(C)(C)C)C(=O)N(C)CC1(O)CCCC1.